The summed E-state index contributed by atoms with van der Waals surface area (Å²) in [4.78, 5) is 18.1. The van der Waals surface area contributed by atoms with E-state index >= 15 is 0 Å². The highest BCUT2D eigenvalue weighted by molar-refractivity contribution is 7.89. The van der Waals surface area contributed by atoms with Crippen LogP contribution in [0.2, 0.25) is 0 Å². The lowest BCUT2D eigenvalue weighted by Crippen LogP contribution is -2.50. The predicted molar refractivity (Wildman–Crippen MR) is 84.9 cm³/mol. The van der Waals surface area contributed by atoms with Crippen molar-refractivity contribution in [1.82, 2.24) is 19.3 Å². The fourth-order valence-electron chi connectivity index (χ4n) is 2.78. The van der Waals surface area contributed by atoms with E-state index in [2.05, 4.69) is 10.1 Å². The van der Waals surface area contributed by atoms with Crippen LogP contribution in [0.25, 0.3) is 0 Å². The predicted octanol–water partition coefficient (Wildman–Crippen LogP) is 0.833. The Kier molecular flexibility index (Phi) is 4.37. The molecule has 2 aromatic heterocycles. The second-order valence-corrected chi connectivity index (χ2v) is 7.47. The van der Waals surface area contributed by atoms with Gasteiger partial charge in [0.05, 0.1) is 5.56 Å². The molecule has 9 heteroatoms. The van der Waals surface area contributed by atoms with Gasteiger partial charge in [-0.3, -0.25) is 9.78 Å². The normalized spacial score (nSPS) is 16.3. The average Bonchev–Trinajstić information content (AvgIpc) is 2.94. The quantitative estimate of drug-likeness (QED) is 0.813. The number of rotatable bonds is 3. The van der Waals surface area contributed by atoms with Gasteiger partial charge in [-0.2, -0.15) is 4.31 Å². The summed E-state index contributed by atoms with van der Waals surface area (Å²) in [5.74, 6) is 0.138. The monoisotopic (exact) mass is 350 g/mol. The van der Waals surface area contributed by atoms with Crippen LogP contribution in [0.3, 0.4) is 0 Å². The van der Waals surface area contributed by atoms with E-state index in [0.29, 0.717) is 24.3 Å². The molecule has 1 saturated heterocycles. The highest BCUT2D eigenvalue weighted by atomic mass is 32.2. The van der Waals surface area contributed by atoms with E-state index in [-0.39, 0.29) is 29.7 Å². The molecule has 1 aliphatic heterocycles. The number of amides is 1. The number of hydrogen-bond acceptors (Lipinski definition) is 6. The molecule has 0 bridgehead atoms. The summed E-state index contributed by atoms with van der Waals surface area (Å²) in [5.41, 5.74) is 0.848. The first-order valence-electron chi connectivity index (χ1n) is 7.53. The Hall–Kier alpha value is -2.26. The zero-order valence-electron chi connectivity index (χ0n) is 13.5. The van der Waals surface area contributed by atoms with Gasteiger partial charge in [0.15, 0.2) is 5.76 Å². The molecule has 0 radical (unpaired) electrons. The van der Waals surface area contributed by atoms with E-state index in [9.17, 15) is 13.2 Å². The van der Waals surface area contributed by atoms with Gasteiger partial charge in [0, 0.05) is 38.6 Å². The standard InChI is InChI=1S/C15H18N4O4S/c1-11-14(12(2)23-17-11)24(21,22)19-8-6-18(7-9-19)15(20)13-4-3-5-16-10-13/h3-5,10H,6-9H2,1-2H3. The zero-order valence-corrected chi connectivity index (χ0v) is 14.3. The van der Waals surface area contributed by atoms with Crippen molar-refractivity contribution in [1.29, 1.82) is 0 Å². The van der Waals surface area contributed by atoms with Crippen molar-refractivity contribution in [3.63, 3.8) is 0 Å². The Morgan fingerprint density at radius 3 is 2.46 bits per heavy atom. The van der Waals surface area contributed by atoms with Crippen LogP contribution in [0.15, 0.2) is 33.9 Å². The van der Waals surface area contributed by atoms with Gasteiger partial charge in [-0.05, 0) is 26.0 Å². The van der Waals surface area contributed by atoms with Crippen LogP contribution in [0.1, 0.15) is 21.8 Å². The molecule has 24 heavy (non-hydrogen) atoms. The molecule has 0 aromatic carbocycles. The molecule has 0 aliphatic carbocycles. The van der Waals surface area contributed by atoms with Crippen LogP contribution >= 0.6 is 0 Å². The Balaban J connectivity index is 1.72. The van der Waals surface area contributed by atoms with Gasteiger partial charge in [-0.25, -0.2) is 8.42 Å². The van der Waals surface area contributed by atoms with E-state index in [0.717, 1.165) is 0 Å². The first-order valence-corrected chi connectivity index (χ1v) is 8.97. The molecule has 3 heterocycles. The van der Waals surface area contributed by atoms with Crippen LogP contribution < -0.4 is 0 Å². The number of nitrogens with zero attached hydrogens (tertiary/aromatic N) is 4. The topological polar surface area (TPSA) is 96.6 Å². The van der Waals surface area contributed by atoms with Crippen molar-refractivity contribution in [2.45, 2.75) is 18.7 Å². The summed E-state index contributed by atoms with van der Waals surface area (Å²) in [6.45, 7) is 4.31. The first-order chi connectivity index (χ1) is 11.4. The molecule has 1 amide bonds. The molecular formula is C15H18N4O4S. The van der Waals surface area contributed by atoms with Gasteiger partial charge >= 0.3 is 0 Å². The third kappa shape index (κ3) is 2.92. The minimum atomic E-state index is -3.67. The van der Waals surface area contributed by atoms with Gasteiger partial charge < -0.3 is 9.42 Å². The summed E-state index contributed by atoms with van der Waals surface area (Å²) in [5, 5.41) is 3.71. The minimum absolute atomic E-state index is 0.120. The molecule has 0 unspecified atom stereocenters. The second-order valence-electron chi connectivity index (χ2n) is 5.59. The molecule has 0 atom stereocenters. The molecular weight excluding hydrogens is 332 g/mol. The summed E-state index contributed by atoms with van der Waals surface area (Å²) in [7, 11) is -3.67. The number of pyridine rings is 1. The molecule has 1 fully saturated rings. The lowest BCUT2D eigenvalue weighted by Gasteiger charge is -2.33. The third-order valence-electron chi connectivity index (χ3n) is 4.00. The number of aryl methyl sites for hydroxylation is 2. The average molecular weight is 350 g/mol. The van der Waals surface area contributed by atoms with Crippen LogP contribution in [0.4, 0.5) is 0 Å². The number of carbonyl (C=O) groups is 1. The van der Waals surface area contributed by atoms with Crippen molar-refractivity contribution in [2.75, 3.05) is 26.2 Å². The Morgan fingerprint density at radius 1 is 1.21 bits per heavy atom. The maximum Gasteiger partial charge on any atom is 0.255 e. The van der Waals surface area contributed by atoms with Gasteiger partial charge in [0.25, 0.3) is 5.91 Å². The molecule has 3 rings (SSSR count). The van der Waals surface area contributed by atoms with Crippen molar-refractivity contribution in [3.8, 4) is 0 Å². The minimum Gasteiger partial charge on any atom is -0.360 e. The van der Waals surface area contributed by atoms with Crippen molar-refractivity contribution < 1.29 is 17.7 Å². The summed E-state index contributed by atoms with van der Waals surface area (Å²) in [6.07, 6.45) is 3.11. The van der Waals surface area contributed by atoms with Crippen molar-refractivity contribution in [2.24, 2.45) is 0 Å². The molecule has 1 aliphatic rings. The number of aromatic nitrogens is 2. The summed E-state index contributed by atoms with van der Waals surface area (Å²) in [6, 6.07) is 3.40. The maximum absolute atomic E-state index is 12.7. The van der Waals surface area contributed by atoms with E-state index in [1.165, 1.54) is 10.5 Å². The van der Waals surface area contributed by atoms with Gasteiger partial charge in [0.2, 0.25) is 10.0 Å². The molecule has 2 aromatic rings. The molecule has 8 nitrogen and oxygen atoms in total. The van der Waals surface area contributed by atoms with Crippen molar-refractivity contribution >= 4 is 15.9 Å². The van der Waals surface area contributed by atoms with Crippen LogP contribution in [-0.4, -0.2) is 59.8 Å². The van der Waals surface area contributed by atoms with E-state index in [4.69, 9.17) is 4.52 Å². The molecule has 0 saturated carbocycles. The van der Waals surface area contributed by atoms with Gasteiger partial charge in [0.1, 0.15) is 10.6 Å². The van der Waals surface area contributed by atoms with E-state index in [1.54, 1.807) is 37.1 Å². The lowest BCUT2D eigenvalue weighted by atomic mass is 10.2. The van der Waals surface area contributed by atoms with E-state index in [1.807, 2.05) is 0 Å². The molecule has 128 valence electrons. The smallest absolute Gasteiger partial charge is 0.255 e. The van der Waals surface area contributed by atoms with Crippen molar-refractivity contribution in [3.05, 3.63) is 41.5 Å². The highest BCUT2D eigenvalue weighted by Gasteiger charge is 2.34. The Morgan fingerprint density at radius 2 is 1.92 bits per heavy atom. The fourth-order valence-corrected chi connectivity index (χ4v) is 4.49. The highest BCUT2D eigenvalue weighted by Crippen LogP contribution is 2.24. The fraction of sp³-hybridized carbons (Fsp3) is 0.400. The summed E-state index contributed by atoms with van der Waals surface area (Å²) >= 11 is 0. The number of sulfonamides is 1. The lowest BCUT2D eigenvalue weighted by molar-refractivity contribution is 0.0697. The number of piperazine rings is 1. The Bertz CT molecular complexity index is 820. The Labute approximate surface area is 140 Å². The van der Waals surface area contributed by atoms with Crippen LogP contribution in [-0.2, 0) is 10.0 Å². The van der Waals surface area contributed by atoms with Gasteiger partial charge in [-0.15, -0.1) is 0 Å². The summed E-state index contributed by atoms with van der Waals surface area (Å²) < 4.78 is 31.8. The number of hydrogen-bond donors (Lipinski definition) is 0. The largest absolute Gasteiger partial charge is 0.360 e. The SMILES string of the molecule is Cc1noc(C)c1S(=O)(=O)N1CCN(C(=O)c2cccnc2)CC1. The van der Waals surface area contributed by atoms with E-state index < -0.39 is 10.0 Å². The first kappa shape index (κ1) is 16.6. The second kappa shape index (κ2) is 6.33. The zero-order chi connectivity index (χ0) is 17.3. The van der Waals surface area contributed by atoms with Crippen LogP contribution in [0.5, 0.6) is 0 Å². The number of carbonyl (C=O) groups excluding carboxylic acids is 1. The van der Waals surface area contributed by atoms with Gasteiger partial charge in [-0.1, -0.05) is 5.16 Å². The maximum atomic E-state index is 12.7. The third-order valence-corrected chi connectivity index (χ3v) is 6.14. The molecule has 0 N–H and O–H groups in total. The molecule has 0 spiro atoms. The van der Waals surface area contributed by atoms with Crippen LogP contribution in [0, 0.1) is 13.8 Å².